The van der Waals surface area contributed by atoms with Gasteiger partial charge in [-0.2, -0.15) is 5.10 Å². The maximum Gasteiger partial charge on any atom is 0.0723 e. The Labute approximate surface area is 139 Å². The molecular formula is C19H29N3O. The summed E-state index contributed by atoms with van der Waals surface area (Å²) in [4.78, 5) is 0. The second kappa shape index (κ2) is 7.75. The molecule has 1 aromatic carbocycles. The van der Waals surface area contributed by atoms with Gasteiger partial charge in [-0.1, -0.05) is 58.0 Å². The molecule has 0 aliphatic carbocycles. The van der Waals surface area contributed by atoms with Crippen LogP contribution in [-0.2, 0) is 18.5 Å². The van der Waals surface area contributed by atoms with Gasteiger partial charge in [0.05, 0.1) is 12.2 Å². The number of aliphatic hydroxyl groups is 1. The normalized spacial score (nSPS) is 13.3. The molecule has 1 heterocycles. The molecule has 1 aromatic heterocycles. The average molecular weight is 315 g/mol. The van der Waals surface area contributed by atoms with Crippen molar-refractivity contribution in [3.05, 3.63) is 53.3 Å². The second-order valence-corrected chi connectivity index (χ2v) is 7.35. The molecule has 2 aromatic rings. The van der Waals surface area contributed by atoms with Gasteiger partial charge in [-0.3, -0.25) is 4.68 Å². The van der Waals surface area contributed by atoms with Crippen molar-refractivity contribution in [2.75, 3.05) is 13.2 Å². The molecule has 1 atom stereocenters. The zero-order valence-electron chi connectivity index (χ0n) is 14.7. The average Bonchev–Trinajstić information content (AvgIpc) is 2.91. The molecule has 126 valence electrons. The topological polar surface area (TPSA) is 50.1 Å². The SMILES string of the molecule is CC(CO)CNCc1cn(Cc2ccccc2)nc1C(C)(C)C. The van der Waals surface area contributed by atoms with Crippen LogP contribution in [0.25, 0.3) is 0 Å². The minimum Gasteiger partial charge on any atom is -0.396 e. The summed E-state index contributed by atoms with van der Waals surface area (Å²) in [7, 11) is 0. The Morgan fingerprint density at radius 3 is 2.52 bits per heavy atom. The minimum atomic E-state index is 0.0154. The van der Waals surface area contributed by atoms with Gasteiger partial charge in [0.2, 0.25) is 0 Å². The smallest absolute Gasteiger partial charge is 0.0723 e. The Balaban J connectivity index is 2.12. The predicted molar refractivity (Wildman–Crippen MR) is 94.4 cm³/mol. The van der Waals surface area contributed by atoms with Gasteiger partial charge in [-0.25, -0.2) is 0 Å². The minimum absolute atomic E-state index is 0.0154. The van der Waals surface area contributed by atoms with Crippen LogP contribution in [0.3, 0.4) is 0 Å². The number of aromatic nitrogens is 2. The van der Waals surface area contributed by atoms with Crippen molar-refractivity contribution in [3.63, 3.8) is 0 Å². The summed E-state index contributed by atoms with van der Waals surface area (Å²) in [6, 6.07) is 10.4. The first kappa shape index (κ1) is 17.7. The number of hydrogen-bond acceptors (Lipinski definition) is 3. The predicted octanol–water partition coefficient (Wildman–Crippen LogP) is 2.95. The Bertz CT molecular complexity index is 599. The maximum atomic E-state index is 9.13. The van der Waals surface area contributed by atoms with Crippen molar-refractivity contribution in [2.24, 2.45) is 5.92 Å². The summed E-state index contributed by atoms with van der Waals surface area (Å²) in [5.41, 5.74) is 3.64. The third-order valence-corrected chi connectivity index (χ3v) is 3.86. The highest BCUT2D eigenvalue weighted by Gasteiger charge is 2.22. The lowest BCUT2D eigenvalue weighted by Crippen LogP contribution is -2.24. The molecule has 2 N–H and O–H groups in total. The van der Waals surface area contributed by atoms with Gasteiger partial charge in [0.1, 0.15) is 0 Å². The summed E-state index contributed by atoms with van der Waals surface area (Å²) in [6.45, 7) is 11.2. The lowest BCUT2D eigenvalue weighted by atomic mass is 9.89. The van der Waals surface area contributed by atoms with Crippen LogP contribution in [0.1, 0.15) is 44.5 Å². The maximum absolute atomic E-state index is 9.13. The number of nitrogens with zero attached hydrogens (tertiary/aromatic N) is 2. The van der Waals surface area contributed by atoms with Crippen molar-refractivity contribution in [1.82, 2.24) is 15.1 Å². The molecule has 0 spiro atoms. The summed E-state index contributed by atoms with van der Waals surface area (Å²) in [5.74, 6) is 0.271. The van der Waals surface area contributed by atoms with Crippen molar-refractivity contribution < 1.29 is 5.11 Å². The molecule has 0 bridgehead atoms. The van der Waals surface area contributed by atoms with E-state index in [1.54, 1.807) is 0 Å². The van der Waals surface area contributed by atoms with Gasteiger partial charge in [0.15, 0.2) is 0 Å². The molecule has 0 saturated carbocycles. The Kier molecular flexibility index (Phi) is 5.97. The largest absolute Gasteiger partial charge is 0.396 e. The van der Waals surface area contributed by atoms with Crippen molar-refractivity contribution in [3.8, 4) is 0 Å². The molecule has 0 fully saturated rings. The summed E-state index contributed by atoms with van der Waals surface area (Å²) in [6.07, 6.45) is 2.14. The molecular weight excluding hydrogens is 286 g/mol. The van der Waals surface area contributed by atoms with Gasteiger partial charge in [-0.05, 0) is 11.5 Å². The number of nitrogens with one attached hydrogen (secondary N) is 1. The van der Waals surface area contributed by atoms with Crippen LogP contribution in [0, 0.1) is 5.92 Å². The number of rotatable bonds is 7. The van der Waals surface area contributed by atoms with E-state index in [9.17, 15) is 0 Å². The molecule has 0 aliphatic rings. The van der Waals surface area contributed by atoms with Crippen LogP contribution in [-0.4, -0.2) is 28.0 Å². The molecule has 2 rings (SSSR count). The highest BCUT2D eigenvalue weighted by Crippen LogP contribution is 2.24. The Morgan fingerprint density at radius 2 is 1.91 bits per heavy atom. The zero-order chi connectivity index (χ0) is 16.9. The van der Waals surface area contributed by atoms with Crippen LogP contribution >= 0.6 is 0 Å². The van der Waals surface area contributed by atoms with Crippen LogP contribution in [0.15, 0.2) is 36.5 Å². The van der Waals surface area contributed by atoms with E-state index in [1.165, 1.54) is 11.1 Å². The molecule has 23 heavy (non-hydrogen) atoms. The summed E-state index contributed by atoms with van der Waals surface area (Å²) < 4.78 is 2.03. The summed E-state index contributed by atoms with van der Waals surface area (Å²) in [5, 5.41) is 17.4. The lowest BCUT2D eigenvalue weighted by Gasteiger charge is -2.18. The monoisotopic (exact) mass is 315 g/mol. The second-order valence-electron chi connectivity index (χ2n) is 7.35. The first-order valence-electron chi connectivity index (χ1n) is 8.32. The van der Waals surface area contributed by atoms with Crippen LogP contribution in [0.4, 0.5) is 0 Å². The van der Waals surface area contributed by atoms with Crippen molar-refractivity contribution in [1.29, 1.82) is 0 Å². The van der Waals surface area contributed by atoms with E-state index in [0.717, 1.165) is 25.3 Å². The standard InChI is InChI=1S/C19H29N3O/c1-15(14-23)10-20-11-17-13-22(21-18(17)19(2,3)4)12-16-8-6-5-7-9-16/h5-9,13,15,20,23H,10-12,14H2,1-4H3. The van der Waals surface area contributed by atoms with Crippen molar-refractivity contribution in [2.45, 2.75) is 46.2 Å². The van der Waals surface area contributed by atoms with Crippen molar-refractivity contribution >= 4 is 0 Å². The molecule has 4 nitrogen and oxygen atoms in total. The van der Waals surface area contributed by atoms with Crippen LogP contribution < -0.4 is 5.32 Å². The van der Waals surface area contributed by atoms with E-state index in [0.29, 0.717) is 0 Å². The number of benzene rings is 1. The van der Waals surface area contributed by atoms with Crippen LogP contribution in [0.5, 0.6) is 0 Å². The van der Waals surface area contributed by atoms with E-state index in [4.69, 9.17) is 10.2 Å². The Morgan fingerprint density at radius 1 is 1.22 bits per heavy atom. The summed E-state index contributed by atoms with van der Waals surface area (Å²) >= 11 is 0. The van der Waals surface area contributed by atoms with E-state index in [1.807, 2.05) is 17.7 Å². The van der Waals surface area contributed by atoms with Gasteiger partial charge in [-0.15, -0.1) is 0 Å². The molecule has 1 unspecified atom stereocenters. The fourth-order valence-corrected chi connectivity index (χ4v) is 2.59. The van der Waals surface area contributed by atoms with E-state index in [-0.39, 0.29) is 17.9 Å². The first-order chi connectivity index (χ1) is 10.9. The molecule has 0 saturated heterocycles. The number of aliphatic hydroxyl groups excluding tert-OH is 1. The Hall–Kier alpha value is -1.65. The zero-order valence-corrected chi connectivity index (χ0v) is 14.7. The first-order valence-corrected chi connectivity index (χ1v) is 8.32. The van der Waals surface area contributed by atoms with E-state index < -0.39 is 0 Å². The molecule has 0 amide bonds. The third kappa shape index (κ3) is 5.19. The number of hydrogen-bond donors (Lipinski definition) is 2. The van der Waals surface area contributed by atoms with Crippen LogP contribution in [0.2, 0.25) is 0 Å². The third-order valence-electron chi connectivity index (χ3n) is 3.86. The van der Waals surface area contributed by atoms with E-state index >= 15 is 0 Å². The van der Waals surface area contributed by atoms with Gasteiger partial charge in [0, 0.05) is 36.9 Å². The lowest BCUT2D eigenvalue weighted by molar-refractivity contribution is 0.233. The molecule has 4 heteroatoms. The van der Waals surface area contributed by atoms with Gasteiger partial charge < -0.3 is 10.4 Å². The quantitative estimate of drug-likeness (QED) is 0.826. The molecule has 0 radical (unpaired) electrons. The highest BCUT2D eigenvalue weighted by atomic mass is 16.3. The van der Waals surface area contributed by atoms with Gasteiger partial charge in [0.25, 0.3) is 0 Å². The highest BCUT2D eigenvalue weighted by molar-refractivity contribution is 5.25. The fraction of sp³-hybridized carbons (Fsp3) is 0.526. The molecule has 0 aliphatic heterocycles. The van der Waals surface area contributed by atoms with Gasteiger partial charge >= 0.3 is 0 Å². The van der Waals surface area contributed by atoms with E-state index in [2.05, 4.69) is 56.6 Å². The fourth-order valence-electron chi connectivity index (χ4n) is 2.59.